The fourth-order valence-corrected chi connectivity index (χ4v) is 1.77. The molecule has 1 aliphatic carbocycles. The molecule has 0 atom stereocenters. The molecule has 0 saturated carbocycles. The summed E-state index contributed by atoms with van der Waals surface area (Å²) in [7, 11) is 0. The van der Waals surface area contributed by atoms with Crippen molar-refractivity contribution in [2.24, 2.45) is 0 Å². The van der Waals surface area contributed by atoms with Crippen molar-refractivity contribution in [1.29, 1.82) is 0 Å². The smallest absolute Gasteiger partial charge is 0.193 e. The quantitative estimate of drug-likeness (QED) is 0.544. The lowest BCUT2D eigenvalue weighted by atomic mass is 9.98. The van der Waals surface area contributed by atoms with Crippen LogP contribution in [0.1, 0.15) is 36.1 Å². The van der Waals surface area contributed by atoms with Gasteiger partial charge in [-0.05, 0) is 37.3 Å². The van der Waals surface area contributed by atoms with Gasteiger partial charge in [0.05, 0.1) is 5.69 Å². The van der Waals surface area contributed by atoms with E-state index in [4.69, 9.17) is 10.2 Å². The summed E-state index contributed by atoms with van der Waals surface area (Å²) in [6.45, 7) is 0. The molecule has 1 aliphatic rings. The molecule has 66 valence electrons. The molecule has 0 aromatic carbocycles. The third-order valence-corrected chi connectivity index (χ3v) is 2.41. The topological polar surface area (TPSA) is 56.2 Å². The van der Waals surface area contributed by atoms with Crippen molar-refractivity contribution in [1.82, 2.24) is 4.98 Å². The third kappa shape index (κ3) is 1.26. The Morgan fingerprint density at radius 3 is 2.67 bits per heavy atom. The molecule has 3 heteroatoms. The van der Waals surface area contributed by atoms with Gasteiger partial charge >= 0.3 is 0 Å². The van der Waals surface area contributed by atoms with Crippen LogP contribution in [0, 0.1) is 0 Å². The number of fused-ring (bicyclic) bond motifs is 1. The molecule has 0 radical (unpaired) electrons. The minimum atomic E-state index is -1.35. The van der Waals surface area contributed by atoms with Crippen molar-refractivity contribution in [2.45, 2.75) is 32.0 Å². The summed E-state index contributed by atoms with van der Waals surface area (Å²) >= 11 is 0. The Labute approximate surface area is 71.0 Å². The fraction of sp³-hybridized carbons (Fsp3) is 0.556. The highest BCUT2D eigenvalue weighted by atomic mass is 16.5. The number of aromatic nitrogens is 1. The lowest BCUT2D eigenvalue weighted by Gasteiger charge is -2.09. The van der Waals surface area contributed by atoms with E-state index in [1.54, 1.807) is 0 Å². The first-order chi connectivity index (χ1) is 5.77. The maximum absolute atomic E-state index is 8.90. The first-order valence-electron chi connectivity index (χ1n) is 4.34. The van der Waals surface area contributed by atoms with Crippen molar-refractivity contribution in [3.8, 4) is 0 Å². The second-order valence-electron chi connectivity index (χ2n) is 3.31. The molecule has 0 fully saturated rings. The Morgan fingerprint density at radius 1 is 1.25 bits per heavy atom. The van der Waals surface area contributed by atoms with Gasteiger partial charge in [-0.1, -0.05) is 0 Å². The number of hydrogen-bond donors (Lipinski definition) is 3. The Balaban J connectivity index is 2.32. The van der Waals surface area contributed by atoms with Crippen LogP contribution in [0.5, 0.6) is 0 Å². The summed E-state index contributed by atoms with van der Waals surface area (Å²) in [5, 5.41) is 17.8. The molecule has 3 N–H and O–H groups in total. The predicted octanol–water partition coefficient (Wildman–Crippen LogP) is 0.877. The van der Waals surface area contributed by atoms with Crippen LogP contribution in [-0.4, -0.2) is 15.2 Å². The standard InChI is InChI=1S/C9H13NO2/c11-9(12)8-5-6-3-1-2-4-7(6)10-8/h5,9-12H,1-4H2. The van der Waals surface area contributed by atoms with Crippen LogP contribution < -0.4 is 0 Å². The van der Waals surface area contributed by atoms with Crippen LogP contribution in [0.3, 0.4) is 0 Å². The van der Waals surface area contributed by atoms with Crippen molar-refractivity contribution >= 4 is 0 Å². The van der Waals surface area contributed by atoms with Crippen LogP contribution in [0.15, 0.2) is 6.07 Å². The number of aryl methyl sites for hydroxylation is 2. The van der Waals surface area contributed by atoms with E-state index in [-0.39, 0.29) is 0 Å². The summed E-state index contributed by atoms with van der Waals surface area (Å²) in [4.78, 5) is 3.03. The third-order valence-electron chi connectivity index (χ3n) is 2.41. The van der Waals surface area contributed by atoms with Crippen molar-refractivity contribution < 1.29 is 10.2 Å². The summed E-state index contributed by atoms with van der Waals surface area (Å²) < 4.78 is 0. The number of aromatic amines is 1. The van der Waals surface area contributed by atoms with E-state index in [2.05, 4.69) is 4.98 Å². The molecule has 3 nitrogen and oxygen atoms in total. The van der Waals surface area contributed by atoms with Crippen molar-refractivity contribution in [3.63, 3.8) is 0 Å². The van der Waals surface area contributed by atoms with Gasteiger partial charge in [-0.3, -0.25) is 0 Å². The lowest BCUT2D eigenvalue weighted by Crippen LogP contribution is -1.99. The van der Waals surface area contributed by atoms with Crippen LogP contribution in [0.4, 0.5) is 0 Å². The Kier molecular flexibility index (Phi) is 1.90. The van der Waals surface area contributed by atoms with Gasteiger partial charge in [0, 0.05) is 5.69 Å². The molecule has 2 rings (SSSR count). The monoisotopic (exact) mass is 167 g/mol. The maximum atomic E-state index is 8.90. The average molecular weight is 167 g/mol. The SMILES string of the molecule is OC(O)c1cc2c([nH]1)CCCC2. The van der Waals surface area contributed by atoms with Crippen LogP contribution >= 0.6 is 0 Å². The van der Waals surface area contributed by atoms with Gasteiger partial charge in [-0.15, -0.1) is 0 Å². The molecule has 0 amide bonds. The zero-order valence-corrected chi connectivity index (χ0v) is 6.88. The highest BCUT2D eigenvalue weighted by Gasteiger charge is 2.14. The van der Waals surface area contributed by atoms with Gasteiger partial charge in [0.25, 0.3) is 0 Å². The van der Waals surface area contributed by atoms with E-state index in [1.165, 1.54) is 24.1 Å². The zero-order chi connectivity index (χ0) is 8.55. The minimum Gasteiger partial charge on any atom is -0.363 e. The summed E-state index contributed by atoms with van der Waals surface area (Å²) in [5.74, 6) is 0. The van der Waals surface area contributed by atoms with Gasteiger partial charge in [-0.2, -0.15) is 0 Å². The number of nitrogens with one attached hydrogen (secondary N) is 1. The number of aliphatic hydroxyl groups is 2. The molecule has 0 spiro atoms. The van der Waals surface area contributed by atoms with Gasteiger partial charge in [0.1, 0.15) is 0 Å². The minimum absolute atomic E-state index is 0.530. The number of H-pyrrole nitrogens is 1. The molecular weight excluding hydrogens is 154 g/mol. The molecule has 1 heterocycles. The highest BCUT2D eigenvalue weighted by Crippen LogP contribution is 2.23. The number of aliphatic hydroxyl groups excluding tert-OH is 1. The van der Waals surface area contributed by atoms with Crippen molar-refractivity contribution in [3.05, 3.63) is 23.0 Å². The summed E-state index contributed by atoms with van der Waals surface area (Å²) in [6, 6.07) is 1.86. The van der Waals surface area contributed by atoms with E-state index in [1.807, 2.05) is 6.07 Å². The maximum Gasteiger partial charge on any atom is 0.193 e. The van der Waals surface area contributed by atoms with E-state index < -0.39 is 6.29 Å². The first-order valence-corrected chi connectivity index (χ1v) is 4.34. The predicted molar refractivity (Wildman–Crippen MR) is 44.6 cm³/mol. The molecular formula is C9H13NO2. The average Bonchev–Trinajstić information content (AvgIpc) is 2.46. The van der Waals surface area contributed by atoms with E-state index >= 15 is 0 Å². The van der Waals surface area contributed by atoms with E-state index in [0.717, 1.165) is 12.8 Å². The molecule has 0 aliphatic heterocycles. The van der Waals surface area contributed by atoms with Gasteiger partial charge in [0.2, 0.25) is 0 Å². The molecule has 1 aromatic rings. The summed E-state index contributed by atoms with van der Waals surface area (Å²) in [5.41, 5.74) is 2.97. The first kappa shape index (κ1) is 7.83. The molecule has 12 heavy (non-hydrogen) atoms. The Hall–Kier alpha value is -0.800. The van der Waals surface area contributed by atoms with Crippen LogP contribution in [0.25, 0.3) is 0 Å². The molecule has 0 bridgehead atoms. The second kappa shape index (κ2) is 2.92. The van der Waals surface area contributed by atoms with Gasteiger partial charge in [-0.25, -0.2) is 0 Å². The largest absolute Gasteiger partial charge is 0.363 e. The Morgan fingerprint density at radius 2 is 2.00 bits per heavy atom. The normalized spacial score (nSPS) is 16.6. The summed E-state index contributed by atoms with van der Waals surface area (Å²) in [6.07, 6.45) is 3.18. The Bertz CT molecular complexity index is 255. The fourth-order valence-electron chi connectivity index (χ4n) is 1.77. The van der Waals surface area contributed by atoms with Gasteiger partial charge in [0.15, 0.2) is 6.29 Å². The van der Waals surface area contributed by atoms with Gasteiger partial charge < -0.3 is 15.2 Å². The highest BCUT2D eigenvalue weighted by molar-refractivity contribution is 5.28. The number of hydrogen-bond acceptors (Lipinski definition) is 2. The molecule has 1 aromatic heterocycles. The zero-order valence-electron chi connectivity index (χ0n) is 6.88. The second-order valence-corrected chi connectivity index (χ2v) is 3.31. The lowest BCUT2D eigenvalue weighted by molar-refractivity contribution is -0.0455. The number of rotatable bonds is 1. The van der Waals surface area contributed by atoms with Crippen LogP contribution in [-0.2, 0) is 12.8 Å². The van der Waals surface area contributed by atoms with E-state index in [0.29, 0.717) is 5.69 Å². The van der Waals surface area contributed by atoms with Crippen LogP contribution in [0.2, 0.25) is 0 Å². The molecule has 0 saturated heterocycles. The molecule has 0 unspecified atom stereocenters. The van der Waals surface area contributed by atoms with E-state index in [9.17, 15) is 0 Å². The van der Waals surface area contributed by atoms with Crippen molar-refractivity contribution in [2.75, 3.05) is 0 Å².